The first-order valence-electron chi connectivity index (χ1n) is 10.4. The Balaban J connectivity index is 1.27. The molecule has 2 N–H and O–H groups in total. The largest absolute Gasteiger partial charge is 0.366 e. The predicted octanol–water partition coefficient (Wildman–Crippen LogP) is 3.86. The first-order chi connectivity index (χ1) is 12.8. The lowest BCUT2D eigenvalue weighted by atomic mass is 9.84. The molecule has 0 atom stereocenters. The number of carbonyl (C=O) groups is 1. The topological polar surface area (TPSA) is 44.4 Å². The van der Waals surface area contributed by atoms with E-state index in [0.29, 0.717) is 18.0 Å². The maximum Gasteiger partial charge on any atom is 0.223 e. The minimum atomic E-state index is 0.223. The highest BCUT2D eigenvalue weighted by Crippen LogP contribution is 2.30. The summed E-state index contributed by atoms with van der Waals surface area (Å²) >= 11 is 0. The van der Waals surface area contributed by atoms with Crippen molar-refractivity contribution in [1.29, 1.82) is 0 Å². The van der Waals surface area contributed by atoms with E-state index in [1.54, 1.807) is 0 Å². The normalized spacial score (nSPS) is 26.9. The van der Waals surface area contributed by atoms with Gasteiger partial charge in [-0.2, -0.15) is 0 Å². The maximum absolute atomic E-state index is 12.6. The number of hydrogen-bond donors (Lipinski definition) is 2. The molecule has 1 aromatic rings. The molecule has 140 valence electrons. The molecule has 0 spiro atoms. The SMILES string of the molecule is O=C(NC1CCCCC1)[C@H]1CC[C@@H](N2C=C(c3ccccc3)NC2)CC1. The molecule has 0 radical (unpaired) electrons. The summed E-state index contributed by atoms with van der Waals surface area (Å²) in [7, 11) is 0. The van der Waals surface area contributed by atoms with Gasteiger partial charge in [0.25, 0.3) is 0 Å². The number of carbonyl (C=O) groups excluding carboxylic acids is 1. The molecule has 1 aliphatic heterocycles. The molecule has 1 amide bonds. The molecule has 0 unspecified atom stereocenters. The zero-order valence-electron chi connectivity index (χ0n) is 15.6. The van der Waals surface area contributed by atoms with Crippen LogP contribution in [0.15, 0.2) is 36.5 Å². The molecule has 2 fully saturated rings. The third-order valence-corrected chi connectivity index (χ3v) is 6.32. The van der Waals surface area contributed by atoms with Crippen LogP contribution in [0.1, 0.15) is 63.4 Å². The van der Waals surface area contributed by atoms with Gasteiger partial charge in [-0.3, -0.25) is 4.79 Å². The Kier molecular flexibility index (Phi) is 5.47. The van der Waals surface area contributed by atoms with E-state index >= 15 is 0 Å². The van der Waals surface area contributed by atoms with Gasteiger partial charge in [0.2, 0.25) is 5.91 Å². The van der Waals surface area contributed by atoms with Crippen molar-refractivity contribution in [3.8, 4) is 0 Å². The van der Waals surface area contributed by atoms with Crippen molar-refractivity contribution in [2.75, 3.05) is 6.67 Å². The van der Waals surface area contributed by atoms with Gasteiger partial charge < -0.3 is 15.5 Å². The summed E-state index contributed by atoms with van der Waals surface area (Å²) < 4.78 is 0. The molecule has 2 aliphatic carbocycles. The molecule has 1 aromatic carbocycles. The van der Waals surface area contributed by atoms with E-state index in [0.717, 1.165) is 32.4 Å². The standard InChI is InChI=1S/C22H31N3O/c26-22(24-19-9-5-2-6-10-19)18-11-13-20(14-12-18)25-15-21(23-16-25)17-7-3-1-4-8-17/h1,3-4,7-8,15,18-20,23H,2,5-6,9-14,16H2,(H,24,26)/t18-,20+. The molecule has 1 heterocycles. The fourth-order valence-electron chi connectivity index (χ4n) is 4.70. The van der Waals surface area contributed by atoms with Crippen LogP contribution in [0.2, 0.25) is 0 Å². The summed E-state index contributed by atoms with van der Waals surface area (Å²) in [5, 5.41) is 6.84. The van der Waals surface area contributed by atoms with Gasteiger partial charge in [-0.1, -0.05) is 49.6 Å². The number of benzene rings is 1. The summed E-state index contributed by atoms with van der Waals surface area (Å²) in [6.45, 7) is 0.883. The molecule has 4 rings (SSSR count). The minimum Gasteiger partial charge on any atom is -0.366 e. The zero-order chi connectivity index (χ0) is 17.8. The highest BCUT2D eigenvalue weighted by molar-refractivity contribution is 5.79. The second kappa shape index (κ2) is 8.15. The van der Waals surface area contributed by atoms with Crippen molar-refractivity contribution in [3.63, 3.8) is 0 Å². The van der Waals surface area contributed by atoms with Crippen LogP contribution in [-0.2, 0) is 4.79 Å². The van der Waals surface area contributed by atoms with E-state index in [1.165, 1.54) is 43.4 Å². The summed E-state index contributed by atoms with van der Waals surface area (Å²) in [6, 6.07) is 11.5. The lowest BCUT2D eigenvalue weighted by molar-refractivity contribution is -0.127. The maximum atomic E-state index is 12.6. The Morgan fingerprint density at radius 1 is 0.962 bits per heavy atom. The average Bonchev–Trinajstić information content (AvgIpc) is 3.20. The van der Waals surface area contributed by atoms with Gasteiger partial charge in [0.05, 0.1) is 12.4 Å². The van der Waals surface area contributed by atoms with Crippen molar-refractivity contribution in [3.05, 3.63) is 42.1 Å². The summed E-state index contributed by atoms with van der Waals surface area (Å²) in [5.74, 6) is 0.539. The van der Waals surface area contributed by atoms with Gasteiger partial charge in [-0.15, -0.1) is 0 Å². The van der Waals surface area contributed by atoms with Gasteiger partial charge in [-0.05, 0) is 44.1 Å². The lowest BCUT2D eigenvalue weighted by Crippen LogP contribution is -2.43. The molecular formula is C22H31N3O. The fourth-order valence-corrected chi connectivity index (χ4v) is 4.70. The summed E-state index contributed by atoms with van der Waals surface area (Å²) in [5.41, 5.74) is 2.46. The average molecular weight is 354 g/mol. The van der Waals surface area contributed by atoms with E-state index in [4.69, 9.17) is 0 Å². The molecule has 4 heteroatoms. The number of rotatable bonds is 4. The van der Waals surface area contributed by atoms with Crippen LogP contribution < -0.4 is 10.6 Å². The number of hydrogen-bond acceptors (Lipinski definition) is 3. The monoisotopic (exact) mass is 353 g/mol. The van der Waals surface area contributed by atoms with Crippen molar-refractivity contribution in [2.24, 2.45) is 5.92 Å². The van der Waals surface area contributed by atoms with Gasteiger partial charge >= 0.3 is 0 Å². The molecular weight excluding hydrogens is 322 g/mol. The number of amides is 1. The summed E-state index contributed by atoms with van der Waals surface area (Å²) in [4.78, 5) is 15.0. The van der Waals surface area contributed by atoms with Crippen molar-refractivity contribution in [2.45, 2.75) is 69.9 Å². The van der Waals surface area contributed by atoms with Gasteiger partial charge in [0, 0.05) is 24.2 Å². The number of nitrogens with zero attached hydrogens (tertiary/aromatic N) is 1. The molecule has 4 nitrogen and oxygen atoms in total. The minimum absolute atomic E-state index is 0.223. The van der Waals surface area contributed by atoms with Crippen molar-refractivity contribution in [1.82, 2.24) is 15.5 Å². The molecule has 0 aromatic heterocycles. The van der Waals surface area contributed by atoms with Crippen molar-refractivity contribution >= 4 is 11.6 Å². The zero-order valence-corrected chi connectivity index (χ0v) is 15.6. The lowest BCUT2D eigenvalue weighted by Gasteiger charge is -2.34. The van der Waals surface area contributed by atoms with Crippen LogP contribution in [0.4, 0.5) is 0 Å². The second-order valence-electron chi connectivity index (χ2n) is 8.11. The Hall–Kier alpha value is -1.97. The smallest absolute Gasteiger partial charge is 0.223 e. The highest BCUT2D eigenvalue weighted by Gasteiger charge is 2.31. The van der Waals surface area contributed by atoms with Crippen LogP contribution in [0.3, 0.4) is 0 Å². The van der Waals surface area contributed by atoms with Crippen LogP contribution in [0.5, 0.6) is 0 Å². The third kappa shape index (κ3) is 4.05. The molecule has 3 aliphatic rings. The third-order valence-electron chi connectivity index (χ3n) is 6.32. The predicted molar refractivity (Wildman–Crippen MR) is 105 cm³/mol. The van der Waals surface area contributed by atoms with Crippen LogP contribution >= 0.6 is 0 Å². The Morgan fingerprint density at radius 2 is 1.69 bits per heavy atom. The summed E-state index contributed by atoms with van der Waals surface area (Å²) in [6.07, 6.45) is 12.8. The van der Waals surface area contributed by atoms with Crippen LogP contribution in [-0.4, -0.2) is 29.6 Å². The van der Waals surface area contributed by atoms with E-state index in [2.05, 4.69) is 52.1 Å². The first-order valence-corrected chi connectivity index (χ1v) is 10.4. The Bertz CT molecular complexity index is 628. The van der Waals surface area contributed by atoms with Crippen molar-refractivity contribution < 1.29 is 4.79 Å². The van der Waals surface area contributed by atoms with Gasteiger partial charge in [0.1, 0.15) is 0 Å². The van der Waals surface area contributed by atoms with Gasteiger partial charge in [0.15, 0.2) is 0 Å². The molecule has 0 bridgehead atoms. The molecule has 2 saturated carbocycles. The Morgan fingerprint density at radius 3 is 2.42 bits per heavy atom. The van der Waals surface area contributed by atoms with E-state index in [-0.39, 0.29) is 5.92 Å². The van der Waals surface area contributed by atoms with Gasteiger partial charge in [-0.25, -0.2) is 0 Å². The quantitative estimate of drug-likeness (QED) is 0.864. The first kappa shape index (κ1) is 17.4. The fraction of sp³-hybridized carbons (Fsp3) is 0.591. The second-order valence-corrected chi connectivity index (χ2v) is 8.11. The molecule has 0 saturated heterocycles. The molecule has 26 heavy (non-hydrogen) atoms. The van der Waals surface area contributed by atoms with E-state index < -0.39 is 0 Å². The van der Waals surface area contributed by atoms with Crippen LogP contribution in [0.25, 0.3) is 5.70 Å². The van der Waals surface area contributed by atoms with Crippen LogP contribution in [0, 0.1) is 5.92 Å². The van der Waals surface area contributed by atoms with E-state index in [9.17, 15) is 4.79 Å². The number of nitrogens with one attached hydrogen (secondary N) is 2. The Labute approximate surface area is 157 Å². The van der Waals surface area contributed by atoms with E-state index in [1.807, 2.05) is 0 Å². The highest BCUT2D eigenvalue weighted by atomic mass is 16.1.